The van der Waals surface area contributed by atoms with Gasteiger partial charge in [0.05, 0.1) is 6.21 Å². The van der Waals surface area contributed by atoms with Gasteiger partial charge in [-0.15, -0.1) is 0 Å². The summed E-state index contributed by atoms with van der Waals surface area (Å²) >= 11 is 3.43. The van der Waals surface area contributed by atoms with E-state index in [-0.39, 0.29) is 5.91 Å². The molecule has 0 aliphatic carbocycles. The minimum Gasteiger partial charge on any atom is -0.455 e. The second kappa shape index (κ2) is 7.07. The molecule has 3 rings (SSSR count). The van der Waals surface area contributed by atoms with Gasteiger partial charge in [-0.25, -0.2) is 5.43 Å². The minimum atomic E-state index is -0.263. The Bertz CT molecular complexity index is 841. The number of benzene rings is 2. The molecule has 0 bridgehead atoms. The molecule has 0 aliphatic heterocycles. The normalized spacial score (nSPS) is 10.8. The molecule has 1 aromatic heterocycles. The molecule has 114 valence electrons. The van der Waals surface area contributed by atoms with Crippen LogP contribution in [0, 0.1) is 0 Å². The standard InChI is InChI=1S/C18H13BrN2O2/c19-15-8-4-7-14(11-15)17-10-9-16(23-17)12-20-21-18(22)13-5-2-1-3-6-13/h1-12H,(H,21,22). The van der Waals surface area contributed by atoms with Gasteiger partial charge in [-0.3, -0.25) is 4.79 Å². The van der Waals surface area contributed by atoms with Crippen molar-refractivity contribution in [2.45, 2.75) is 0 Å². The van der Waals surface area contributed by atoms with Gasteiger partial charge in [0.15, 0.2) is 0 Å². The van der Waals surface area contributed by atoms with Crippen molar-refractivity contribution in [2.75, 3.05) is 0 Å². The number of amides is 1. The third-order valence-corrected chi connectivity index (χ3v) is 3.62. The van der Waals surface area contributed by atoms with Gasteiger partial charge in [-0.1, -0.05) is 46.3 Å². The molecule has 1 heterocycles. The molecule has 0 spiro atoms. The Hall–Kier alpha value is -2.66. The molecule has 0 unspecified atom stereocenters. The average Bonchev–Trinajstić information content (AvgIpc) is 3.04. The van der Waals surface area contributed by atoms with E-state index in [9.17, 15) is 4.79 Å². The van der Waals surface area contributed by atoms with E-state index in [1.807, 2.05) is 36.4 Å². The van der Waals surface area contributed by atoms with Crippen LogP contribution in [0.25, 0.3) is 11.3 Å². The van der Waals surface area contributed by atoms with Gasteiger partial charge < -0.3 is 4.42 Å². The SMILES string of the molecule is O=C(NN=Cc1ccc(-c2cccc(Br)c2)o1)c1ccccc1. The summed E-state index contributed by atoms with van der Waals surface area (Å²) in [7, 11) is 0. The van der Waals surface area contributed by atoms with E-state index in [2.05, 4.69) is 26.5 Å². The summed E-state index contributed by atoms with van der Waals surface area (Å²) < 4.78 is 6.67. The first-order valence-electron chi connectivity index (χ1n) is 6.96. The molecule has 5 heteroatoms. The molecule has 4 nitrogen and oxygen atoms in total. The predicted molar refractivity (Wildman–Crippen MR) is 93.3 cm³/mol. The van der Waals surface area contributed by atoms with Crippen molar-refractivity contribution in [3.8, 4) is 11.3 Å². The monoisotopic (exact) mass is 368 g/mol. The maximum Gasteiger partial charge on any atom is 0.271 e. The van der Waals surface area contributed by atoms with Gasteiger partial charge in [0, 0.05) is 15.6 Å². The first kappa shape index (κ1) is 15.2. The van der Waals surface area contributed by atoms with Crippen LogP contribution in [0.1, 0.15) is 16.1 Å². The highest BCUT2D eigenvalue weighted by Crippen LogP contribution is 2.24. The summed E-state index contributed by atoms with van der Waals surface area (Å²) in [6, 6.07) is 20.4. The molecule has 0 saturated heterocycles. The summed E-state index contributed by atoms with van der Waals surface area (Å²) in [6.07, 6.45) is 1.47. The van der Waals surface area contributed by atoms with Gasteiger partial charge in [0.25, 0.3) is 5.91 Å². The van der Waals surface area contributed by atoms with Crippen molar-refractivity contribution < 1.29 is 9.21 Å². The fourth-order valence-electron chi connectivity index (χ4n) is 2.03. The summed E-state index contributed by atoms with van der Waals surface area (Å²) in [4.78, 5) is 11.8. The highest BCUT2D eigenvalue weighted by molar-refractivity contribution is 9.10. The molecular weight excluding hydrogens is 356 g/mol. The number of furan rings is 1. The van der Waals surface area contributed by atoms with Crippen molar-refractivity contribution >= 4 is 28.1 Å². The van der Waals surface area contributed by atoms with E-state index >= 15 is 0 Å². The smallest absolute Gasteiger partial charge is 0.271 e. The van der Waals surface area contributed by atoms with Crippen LogP contribution < -0.4 is 5.43 Å². The Labute approximate surface area is 142 Å². The van der Waals surface area contributed by atoms with Crippen LogP contribution in [0.15, 0.2) is 80.7 Å². The third-order valence-electron chi connectivity index (χ3n) is 3.13. The van der Waals surface area contributed by atoms with Crippen molar-refractivity contribution in [1.82, 2.24) is 5.43 Å². The lowest BCUT2D eigenvalue weighted by Gasteiger charge is -1.98. The first-order valence-corrected chi connectivity index (χ1v) is 7.76. The number of halogens is 1. The molecule has 0 radical (unpaired) electrons. The minimum absolute atomic E-state index is 0.263. The number of carbonyl (C=O) groups excluding carboxylic acids is 1. The van der Waals surface area contributed by atoms with Crippen molar-refractivity contribution in [3.05, 3.63) is 82.5 Å². The number of nitrogens with zero attached hydrogens (tertiary/aromatic N) is 1. The van der Waals surface area contributed by atoms with Crippen molar-refractivity contribution in [3.63, 3.8) is 0 Å². The van der Waals surface area contributed by atoms with Crippen molar-refractivity contribution in [2.24, 2.45) is 5.10 Å². The molecule has 1 amide bonds. The van der Waals surface area contributed by atoms with Crippen LogP contribution in [0.5, 0.6) is 0 Å². The summed E-state index contributed by atoms with van der Waals surface area (Å²) in [5.41, 5.74) is 3.99. The topological polar surface area (TPSA) is 54.6 Å². The highest BCUT2D eigenvalue weighted by Gasteiger charge is 2.05. The first-order chi connectivity index (χ1) is 11.2. The maximum atomic E-state index is 11.8. The number of nitrogens with one attached hydrogen (secondary N) is 1. The molecule has 0 atom stereocenters. The van der Waals surface area contributed by atoms with E-state index in [1.54, 1.807) is 30.3 Å². The van der Waals surface area contributed by atoms with E-state index in [0.717, 1.165) is 15.8 Å². The summed E-state index contributed by atoms with van der Waals surface area (Å²) in [5, 5.41) is 3.91. The Morgan fingerprint density at radius 2 is 1.87 bits per heavy atom. The lowest BCUT2D eigenvalue weighted by atomic mass is 10.2. The van der Waals surface area contributed by atoms with Gasteiger partial charge in [-0.05, 0) is 36.4 Å². The second-order valence-electron chi connectivity index (χ2n) is 4.78. The largest absolute Gasteiger partial charge is 0.455 e. The van der Waals surface area contributed by atoms with Gasteiger partial charge in [0.2, 0.25) is 0 Å². The zero-order chi connectivity index (χ0) is 16.1. The van der Waals surface area contributed by atoms with E-state index in [4.69, 9.17) is 4.42 Å². The number of hydrogen-bond donors (Lipinski definition) is 1. The second-order valence-corrected chi connectivity index (χ2v) is 5.69. The molecule has 0 fully saturated rings. The molecule has 1 N–H and O–H groups in total. The molecule has 2 aromatic carbocycles. The van der Waals surface area contributed by atoms with Crippen LogP contribution in [-0.4, -0.2) is 12.1 Å². The number of hydrazone groups is 1. The molecule has 23 heavy (non-hydrogen) atoms. The van der Waals surface area contributed by atoms with Gasteiger partial charge in [-0.2, -0.15) is 5.10 Å². The molecule has 3 aromatic rings. The van der Waals surface area contributed by atoms with E-state index in [1.165, 1.54) is 6.21 Å². The van der Waals surface area contributed by atoms with Gasteiger partial charge >= 0.3 is 0 Å². The van der Waals surface area contributed by atoms with E-state index in [0.29, 0.717) is 11.3 Å². The summed E-state index contributed by atoms with van der Waals surface area (Å²) in [6.45, 7) is 0. The van der Waals surface area contributed by atoms with Crippen molar-refractivity contribution in [1.29, 1.82) is 0 Å². The predicted octanol–water partition coefficient (Wildman–Crippen LogP) is 4.47. The molecule has 0 aliphatic rings. The fourth-order valence-corrected chi connectivity index (χ4v) is 2.43. The number of hydrogen-bond acceptors (Lipinski definition) is 3. The lowest BCUT2D eigenvalue weighted by Crippen LogP contribution is -2.17. The lowest BCUT2D eigenvalue weighted by molar-refractivity contribution is 0.0955. The van der Waals surface area contributed by atoms with Crippen LogP contribution in [0.4, 0.5) is 0 Å². The number of rotatable bonds is 4. The Morgan fingerprint density at radius 3 is 2.65 bits per heavy atom. The Kier molecular flexibility index (Phi) is 4.68. The van der Waals surface area contributed by atoms with E-state index < -0.39 is 0 Å². The van der Waals surface area contributed by atoms with Crippen LogP contribution in [-0.2, 0) is 0 Å². The molecular formula is C18H13BrN2O2. The van der Waals surface area contributed by atoms with Crippen LogP contribution >= 0.6 is 15.9 Å². The third kappa shape index (κ3) is 3.96. The Morgan fingerprint density at radius 1 is 1.04 bits per heavy atom. The zero-order valence-electron chi connectivity index (χ0n) is 12.1. The zero-order valence-corrected chi connectivity index (χ0v) is 13.7. The van der Waals surface area contributed by atoms with Crippen LogP contribution in [0.2, 0.25) is 0 Å². The Balaban J connectivity index is 1.66. The summed E-state index contributed by atoms with van der Waals surface area (Å²) in [5.74, 6) is 1.04. The quantitative estimate of drug-likeness (QED) is 0.545. The van der Waals surface area contributed by atoms with Gasteiger partial charge in [0.1, 0.15) is 11.5 Å². The highest BCUT2D eigenvalue weighted by atomic mass is 79.9. The maximum absolute atomic E-state index is 11.8. The number of carbonyl (C=O) groups is 1. The molecule has 0 saturated carbocycles. The fraction of sp³-hybridized carbons (Fsp3) is 0. The van der Waals surface area contributed by atoms with Crippen LogP contribution in [0.3, 0.4) is 0 Å². The average molecular weight is 369 g/mol.